The fraction of sp³-hybridized carbons (Fsp3) is 0.0625. The van der Waals surface area contributed by atoms with Crippen molar-refractivity contribution in [3.63, 3.8) is 0 Å². The van der Waals surface area contributed by atoms with E-state index < -0.39 is 5.91 Å². The molecular weight excluding hydrogens is 338 g/mol. The topological polar surface area (TPSA) is 96.8 Å². The predicted molar refractivity (Wildman–Crippen MR) is 96.8 cm³/mol. The van der Waals surface area contributed by atoms with Crippen LogP contribution in [0.5, 0.6) is 0 Å². The van der Waals surface area contributed by atoms with Crippen molar-refractivity contribution < 1.29 is 4.79 Å². The molecule has 3 aromatic rings. The van der Waals surface area contributed by atoms with E-state index in [-0.39, 0.29) is 10.9 Å². The SMILES string of the molecule is CNC(=S)NNC(=O)c1nc(-c2ccccc2)n(-c2cccnc2)n1. The summed E-state index contributed by atoms with van der Waals surface area (Å²) in [6.07, 6.45) is 3.32. The van der Waals surface area contributed by atoms with Gasteiger partial charge in [0.1, 0.15) is 0 Å². The molecule has 8 nitrogen and oxygen atoms in total. The minimum absolute atomic E-state index is 0.00843. The Morgan fingerprint density at radius 3 is 2.60 bits per heavy atom. The molecular formula is C16H15N7OS. The highest BCUT2D eigenvalue weighted by molar-refractivity contribution is 7.80. The van der Waals surface area contributed by atoms with Gasteiger partial charge in [-0.1, -0.05) is 30.3 Å². The summed E-state index contributed by atoms with van der Waals surface area (Å²) < 4.78 is 1.58. The molecule has 0 radical (unpaired) electrons. The lowest BCUT2D eigenvalue weighted by molar-refractivity contribution is 0.0933. The normalized spacial score (nSPS) is 10.1. The van der Waals surface area contributed by atoms with Gasteiger partial charge in [0.05, 0.1) is 11.9 Å². The minimum atomic E-state index is -0.502. The largest absolute Gasteiger partial charge is 0.364 e. The molecule has 0 aliphatic carbocycles. The third-order valence-electron chi connectivity index (χ3n) is 3.25. The van der Waals surface area contributed by atoms with Crippen molar-refractivity contribution >= 4 is 23.2 Å². The maximum atomic E-state index is 12.3. The molecule has 0 fully saturated rings. The van der Waals surface area contributed by atoms with Crippen LogP contribution in [0, 0.1) is 0 Å². The average molecular weight is 353 g/mol. The van der Waals surface area contributed by atoms with Crippen LogP contribution in [-0.2, 0) is 0 Å². The zero-order valence-corrected chi connectivity index (χ0v) is 14.1. The van der Waals surface area contributed by atoms with Crippen molar-refractivity contribution in [1.29, 1.82) is 0 Å². The van der Waals surface area contributed by atoms with Crippen molar-refractivity contribution in [3.05, 3.63) is 60.7 Å². The molecule has 0 aliphatic rings. The van der Waals surface area contributed by atoms with Crippen molar-refractivity contribution in [2.45, 2.75) is 0 Å². The van der Waals surface area contributed by atoms with Crippen molar-refractivity contribution in [2.24, 2.45) is 0 Å². The molecule has 126 valence electrons. The summed E-state index contributed by atoms with van der Waals surface area (Å²) in [6, 6.07) is 13.1. The van der Waals surface area contributed by atoms with E-state index in [0.29, 0.717) is 11.5 Å². The van der Waals surface area contributed by atoms with Crippen molar-refractivity contribution in [2.75, 3.05) is 7.05 Å². The van der Waals surface area contributed by atoms with Gasteiger partial charge in [0, 0.05) is 18.8 Å². The number of carbonyl (C=O) groups is 1. The minimum Gasteiger partial charge on any atom is -0.364 e. The summed E-state index contributed by atoms with van der Waals surface area (Å²) in [5.41, 5.74) is 6.54. The zero-order valence-electron chi connectivity index (χ0n) is 13.3. The fourth-order valence-electron chi connectivity index (χ4n) is 2.07. The van der Waals surface area contributed by atoms with E-state index in [2.05, 4.69) is 31.2 Å². The molecule has 25 heavy (non-hydrogen) atoms. The zero-order chi connectivity index (χ0) is 17.6. The summed E-state index contributed by atoms with van der Waals surface area (Å²) in [6.45, 7) is 0. The smallest absolute Gasteiger partial charge is 0.309 e. The Balaban J connectivity index is 1.98. The predicted octanol–water partition coefficient (Wildman–Crippen LogP) is 1.07. The number of carbonyl (C=O) groups excluding carboxylic acids is 1. The Morgan fingerprint density at radius 2 is 1.92 bits per heavy atom. The number of nitrogens with zero attached hydrogens (tertiary/aromatic N) is 4. The summed E-state index contributed by atoms with van der Waals surface area (Å²) >= 11 is 4.92. The molecule has 1 amide bonds. The van der Waals surface area contributed by atoms with Gasteiger partial charge in [-0.3, -0.25) is 20.6 Å². The molecule has 0 aliphatic heterocycles. The number of hydrazine groups is 1. The highest BCUT2D eigenvalue weighted by Gasteiger charge is 2.18. The Kier molecular flexibility index (Phi) is 4.95. The van der Waals surface area contributed by atoms with Crippen LogP contribution in [-0.4, -0.2) is 37.8 Å². The second kappa shape index (κ2) is 7.49. The molecule has 0 unspecified atom stereocenters. The lowest BCUT2D eigenvalue weighted by Crippen LogP contribution is -2.45. The van der Waals surface area contributed by atoms with E-state index in [4.69, 9.17) is 12.2 Å². The molecule has 0 saturated heterocycles. The third kappa shape index (κ3) is 3.78. The molecule has 2 aromatic heterocycles. The van der Waals surface area contributed by atoms with Crippen LogP contribution in [0.4, 0.5) is 0 Å². The maximum Gasteiger partial charge on any atom is 0.309 e. The first-order valence-corrected chi connectivity index (χ1v) is 7.81. The molecule has 2 heterocycles. The average Bonchev–Trinajstić information content (AvgIpc) is 3.12. The number of amides is 1. The Hall–Kier alpha value is -3.33. The van der Waals surface area contributed by atoms with Gasteiger partial charge in [0.15, 0.2) is 10.9 Å². The number of rotatable bonds is 3. The lowest BCUT2D eigenvalue weighted by Gasteiger charge is -2.06. The van der Waals surface area contributed by atoms with E-state index in [0.717, 1.165) is 5.56 Å². The summed E-state index contributed by atoms with van der Waals surface area (Å²) in [5, 5.41) is 7.28. The van der Waals surface area contributed by atoms with Gasteiger partial charge >= 0.3 is 5.91 Å². The number of thiocarbonyl (C=S) groups is 1. The Morgan fingerprint density at radius 1 is 1.12 bits per heavy atom. The third-order valence-corrected chi connectivity index (χ3v) is 3.56. The summed E-state index contributed by atoms with van der Waals surface area (Å²) in [7, 11) is 1.64. The fourth-order valence-corrected chi connectivity index (χ4v) is 2.12. The van der Waals surface area contributed by atoms with Gasteiger partial charge in [-0.25, -0.2) is 9.67 Å². The number of hydrogen-bond donors (Lipinski definition) is 3. The van der Waals surface area contributed by atoms with Gasteiger partial charge in [0.2, 0.25) is 5.82 Å². The number of aromatic nitrogens is 4. The first kappa shape index (κ1) is 16.5. The first-order valence-electron chi connectivity index (χ1n) is 7.40. The second-order valence-corrected chi connectivity index (χ2v) is 5.31. The van der Waals surface area contributed by atoms with E-state index in [1.54, 1.807) is 30.2 Å². The Bertz CT molecular complexity index is 823. The van der Waals surface area contributed by atoms with Crippen LogP contribution >= 0.6 is 12.2 Å². The second-order valence-electron chi connectivity index (χ2n) is 4.91. The monoisotopic (exact) mass is 353 g/mol. The van der Waals surface area contributed by atoms with Gasteiger partial charge < -0.3 is 5.32 Å². The van der Waals surface area contributed by atoms with E-state index >= 15 is 0 Å². The molecule has 3 rings (SSSR count). The van der Waals surface area contributed by atoms with Crippen molar-refractivity contribution in [1.82, 2.24) is 35.9 Å². The summed E-state index contributed by atoms with van der Waals surface area (Å²) in [5.74, 6) is 0.0430. The Labute approximate surface area is 149 Å². The molecule has 9 heteroatoms. The summed E-state index contributed by atoms with van der Waals surface area (Å²) in [4.78, 5) is 20.7. The number of benzene rings is 1. The molecule has 0 bridgehead atoms. The molecule has 0 saturated carbocycles. The van der Waals surface area contributed by atoms with Gasteiger partial charge in [-0.05, 0) is 24.4 Å². The van der Waals surface area contributed by atoms with Gasteiger partial charge in [-0.15, -0.1) is 5.10 Å². The van der Waals surface area contributed by atoms with Crippen LogP contribution in [0.15, 0.2) is 54.9 Å². The van der Waals surface area contributed by atoms with Crippen LogP contribution < -0.4 is 16.2 Å². The number of hydrogen-bond acceptors (Lipinski definition) is 5. The van der Waals surface area contributed by atoms with Crippen LogP contribution in [0.1, 0.15) is 10.6 Å². The maximum absolute atomic E-state index is 12.3. The van der Waals surface area contributed by atoms with Gasteiger partial charge in [0.25, 0.3) is 0 Å². The van der Waals surface area contributed by atoms with Crippen LogP contribution in [0.2, 0.25) is 0 Å². The number of pyridine rings is 1. The van der Waals surface area contributed by atoms with Crippen molar-refractivity contribution in [3.8, 4) is 17.1 Å². The highest BCUT2D eigenvalue weighted by atomic mass is 32.1. The van der Waals surface area contributed by atoms with Crippen LogP contribution in [0.3, 0.4) is 0 Å². The van der Waals surface area contributed by atoms with E-state index in [1.807, 2.05) is 36.4 Å². The molecule has 0 atom stereocenters. The standard InChI is InChI=1S/C16H15N7OS/c1-17-16(25)21-20-15(24)13-19-14(11-6-3-2-4-7-11)23(22-13)12-8-5-9-18-10-12/h2-10H,1H3,(H,20,24)(H2,17,21,25). The molecule has 0 spiro atoms. The lowest BCUT2D eigenvalue weighted by atomic mass is 10.2. The van der Waals surface area contributed by atoms with E-state index in [9.17, 15) is 4.79 Å². The highest BCUT2D eigenvalue weighted by Crippen LogP contribution is 2.20. The number of nitrogens with one attached hydrogen (secondary N) is 3. The molecule has 3 N–H and O–H groups in total. The van der Waals surface area contributed by atoms with Crippen LogP contribution in [0.25, 0.3) is 17.1 Å². The van der Waals surface area contributed by atoms with Gasteiger partial charge in [-0.2, -0.15) is 0 Å². The molecule has 1 aromatic carbocycles. The van der Waals surface area contributed by atoms with E-state index in [1.165, 1.54) is 0 Å². The quantitative estimate of drug-likeness (QED) is 0.479. The first-order chi connectivity index (χ1) is 12.2.